The number of phosphoric ester groups is 1. The Morgan fingerprint density at radius 1 is 0.618 bits per heavy atom. The maximum absolute atomic E-state index is 12.9. The number of nitrogens with one attached hydrogen (secondary N) is 1. The zero-order valence-electron chi connectivity index (χ0n) is 36.9. The summed E-state index contributed by atoms with van der Waals surface area (Å²) in [6.07, 6.45) is 45.1. The van der Waals surface area contributed by atoms with Gasteiger partial charge in [-0.3, -0.25) is 9.36 Å². The summed E-state index contributed by atoms with van der Waals surface area (Å²) in [5.74, 6) is -0.205. The van der Waals surface area contributed by atoms with Crippen LogP contribution in [-0.2, 0) is 18.4 Å². The molecule has 2 N–H and O–H groups in total. The first-order valence-corrected chi connectivity index (χ1v) is 24.7. The first-order chi connectivity index (χ1) is 26.5. The molecule has 0 fully saturated rings. The first kappa shape index (κ1) is 54.0. The fourth-order valence-electron chi connectivity index (χ4n) is 6.70. The zero-order valence-corrected chi connectivity index (χ0v) is 37.8. The number of rotatable bonds is 42. The van der Waals surface area contributed by atoms with Crippen molar-refractivity contribution in [1.82, 2.24) is 5.32 Å². The third kappa shape index (κ3) is 41.0. The van der Waals surface area contributed by atoms with Gasteiger partial charge in [0.2, 0.25) is 5.91 Å². The van der Waals surface area contributed by atoms with E-state index < -0.39 is 20.0 Å². The number of amides is 1. The first-order valence-electron chi connectivity index (χ1n) is 23.2. The second-order valence-electron chi connectivity index (χ2n) is 17.1. The highest BCUT2D eigenvalue weighted by Gasteiger charge is 2.23. The van der Waals surface area contributed by atoms with Crippen LogP contribution in [0, 0.1) is 0 Å². The van der Waals surface area contributed by atoms with Crippen LogP contribution in [0.2, 0.25) is 0 Å². The summed E-state index contributed by atoms with van der Waals surface area (Å²) >= 11 is 0. The molecule has 0 aliphatic carbocycles. The van der Waals surface area contributed by atoms with Crippen LogP contribution in [0.4, 0.5) is 0 Å². The summed E-state index contributed by atoms with van der Waals surface area (Å²) < 4.78 is 23.2. The minimum atomic E-state index is -4.59. The third-order valence-electron chi connectivity index (χ3n) is 10.4. The SMILES string of the molecule is CCCCCCCCC/C=C/CC/C=C/[C@H](O)[C@@H](COP(=O)([O-])OCC[N+](C)(C)C)NC(=O)CCCCCCCCCCCCCCCCCCCCCC. The molecular formula is C46H91N2O6P. The Bertz CT molecular complexity index is 953. The lowest BCUT2D eigenvalue weighted by Gasteiger charge is -2.29. The molecule has 0 aliphatic rings. The molecule has 326 valence electrons. The number of nitrogens with zero attached hydrogens (tertiary/aromatic N) is 1. The van der Waals surface area contributed by atoms with E-state index in [9.17, 15) is 19.4 Å². The molecule has 9 heteroatoms. The Hall–Kier alpha value is -1.02. The predicted molar refractivity (Wildman–Crippen MR) is 233 cm³/mol. The highest BCUT2D eigenvalue weighted by Crippen LogP contribution is 2.38. The average Bonchev–Trinajstić information content (AvgIpc) is 3.13. The van der Waals surface area contributed by atoms with Crippen LogP contribution in [0.3, 0.4) is 0 Å². The second kappa shape index (κ2) is 38.5. The van der Waals surface area contributed by atoms with Gasteiger partial charge < -0.3 is 28.8 Å². The van der Waals surface area contributed by atoms with Crippen molar-refractivity contribution in [2.45, 2.75) is 225 Å². The van der Waals surface area contributed by atoms with Gasteiger partial charge in [0.05, 0.1) is 39.9 Å². The van der Waals surface area contributed by atoms with E-state index in [0.717, 1.165) is 38.5 Å². The molecule has 0 rings (SSSR count). The topological polar surface area (TPSA) is 108 Å². The Labute approximate surface area is 341 Å². The molecule has 0 saturated carbocycles. The second-order valence-corrected chi connectivity index (χ2v) is 18.5. The van der Waals surface area contributed by atoms with Crippen molar-refractivity contribution in [3.8, 4) is 0 Å². The molecule has 1 amide bonds. The summed E-state index contributed by atoms with van der Waals surface area (Å²) in [5.41, 5.74) is 0. The van der Waals surface area contributed by atoms with Crippen LogP contribution in [0.1, 0.15) is 213 Å². The van der Waals surface area contributed by atoms with E-state index in [1.165, 1.54) is 154 Å². The Morgan fingerprint density at radius 3 is 1.47 bits per heavy atom. The van der Waals surface area contributed by atoms with Gasteiger partial charge in [-0.25, -0.2) is 0 Å². The molecule has 3 atom stereocenters. The third-order valence-corrected chi connectivity index (χ3v) is 11.4. The van der Waals surface area contributed by atoms with Crippen molar-refractivity contribution in [3.05, 3.63) is 24.3 Å². The number of likely N-dealkylation sites (N-methyl/N-ethyl adjacent to an activating group) is 1. The lowest BCUT2D eigenvalue weighted by Crippen LogP contribution is -2.45. The van der Waals surface area contributed by atoms with Gasteiger partial charge in [0, 0.05) is 6.42 Å². The number of allylic oxidation sites excluding steroid dienone is 3. The molecule has 0 aromatic carbocycles. The number of carbonyl (C=O) groups is 1. The van der Waals surface area contributed by atoms with Crippen LogP contribution in [0.15, 0.2) is 24.3 Å². The number of aliphatic hydroxyl groups is 1. The summed E-state index contributed by atoms with van der Waals surface area (Å²) in [6.45, 7) is 4.63. The van der Waals surface area contributed by atoms with Crippen molar-refractivity contribution >= 4 is 13.7 Å². The minimum absolute atomic E-state index is 0.00429. The quantitative estimate of drug-likeness (QED) is 0.0276. The van der Waals surface area contributed by atoms with Gasteiger partial charge in [0.1, 0.15) is 13.2 Å². The fourth-order valence-corrected chi connectivity index (χ4v) is 7.42. The van der Waals surface area contributed by atoms with E-state index >= 15 is 0 Å². The van der Waals surface area contributed by atoms with Crippen molar-refractivity contribution in [2.75, 3.05) is 40.9 Å². The van der Waals surface area contributed by atoms with E-state index in [0.29, 0.717) is 17.4 Å². The molecule has 0 aromatic heterocycles. The van der Waals surface area contributed by atoms with Gasteiger partial charge in [-0.15, -0.1) is 0 Å². The maximum Gasteiger partial charge on any atom is 0.268 e. The highest BCUT2D eigenvalue weighted by molar-refractivity contribution is 7.45. The minimum Gasteiger partial charge on any atom is -0.756 e. The summed E-state index contributed by atoms with van der Waals surface area (Å²) in [4.78, 5) is 25.3. The van der Waals surface area contributed by atoms with E-state index in [-0.39, 0.29) is 19.1 Å². The predicted octanol–water partition coefficient (Wildman–Crippen LogP) is 12.3. The molecule has 0 aliphatic heterocycles. The van der Waals surface area contributed by atoms with Crippen LogP contribution in [0.25, 0.3) is 0 Å². The van der Waals surface area contributed by atoms with Crippen molar-refractivity contribution in [1.29, 1.82) is 0 Å². The average molecular weight is 799 g/mol. The number of hydrogen-bond acceptors (Lipinski definition) is 6. The molecule has 0 saturated heterocycles. The number of carbonyl (C=O) groups excluding carboxylic acids is 1. The van der Waals surface area contributed by atoms with Gasteiger partial charge >= 0.3 is 0 Å². The molecule has 0 heterocycles. The van der Waals surface area contributed by atoms with Crippen molar-refractivity contribution in [3.63, 3.8) is 0 Å². The molecular weight excluding hydrogens is 707 g/mol. The van der Waals surface area contributed by atoms with Gasteiger partial charge in [0.15, 0.2) is 0 Å². The van der Waals surface area contributed by atoms with Crippen LogP contribution in [-0.4, -0.2) is 68.5 Å². The molecule has 0 radical (unpaired) electrons. The lowest BCUT2D eigenvalue weighted by molar-refractivity contribution is -0.870. The van der Waals surface area contributed by atoms with Crippen LogP contribution < -0.4 is 10.2 Å². The van der Waals surface area contributed by atoms with Gasteiger partial charge in [-0.2, -0.15) is 0 Å². The van der Waals surface area contributed by atoms with Crippen LogP contribution in [0.5, 0.6) is 0 Å². The highest BCUT2D eigenvalue weighted by atomic mass is 31.2. The van der Waals surface area contributed by atoms with Crippen molar-refractivity contribution in [2.24, 2.45) is 0 Å². The van der Waals surface area contributed by atoms with Gasteiger partial charge in [-0.1, -0.05) is 199 Å². The lowest BCUT2D eigenvalue weighted by atomic mass is 10.0. The van der Waals surface area contributed by atoms with Gasteiger partial charge in [0.25, 0.3) is 7.82 Å². The van der Waals surface area contributed by atoms with E-state index in [2.05, 4.69) is 31.3 Å². The Kier molecular flexibility index (Phi) is 37.8. The smallest absolute Gasteiger partial charge is 0.268 e. The summed E-state index contributed by atoms with van der Waals surface area (Å²) in [7, 11) is 1.25. The number of unbranched alkanes of at least 4 members (excludes halogenated alkanes) is 27. The molecule has 0 bridgehead atoms. The molecule has 55 heavy (non-hydrogen) atoms. The number of aliphatic hydroxyl groups excluding tert-OH is 1. The number of hydrogen-bond donors (Lipinski definition) is 2. The van der Waals surface area contributed by atoms with Gasteiger partial charge in [-0.05, 0) is 32.1 Å². The zero-order chi connectivity index (χ0) is 40.7. The fraction of sp³-hybridized carbons (Fsp3) is 0.891. The number of quaternary nitrogens is 1. The standard InChI is InChI=1S/C46H91N2O6P/c1-6-8-10-12-14-16-18-20-21-22-23-24-25-26-28-30-32-34-36-38-40-46(50)47-44(43-54-55(51,52)53-42-41-48(3,4)5)45(49)39-37-35-33-31-29-27-19-17-15-13-11-9-7-2/h29,31,37,39,44-45,49H,6-28,30,32-36,38,40-43H2,1-5H3,(H-,47,50,51,52)/b31-29+,39-37+/t44-,45+/m1/s1. The van der Waals surface area contributed by atoms with Crippen molar-refractivity contribution < 1.29 is 32.9 Å². The van der Waals surface area contributed by atoms with E-state index in [1.807, 2.05) is 27.2 Å². The Morgan fingerprint density at radius 2 is 1.02 bits per heavy atom. The van der Waals surface area contributed by atoms with E-state index in [4.69, 9.17) is 9.05 Å². The molecule has 1 unspecified atom stereocenters. The van der Waals surface area contributed by atoms with E-state index in [1.54, 1.807) is 6.08 Å². The molecule has 0 spiro atoms. The van der Waals surface area contributed by atoms with Crippen LogP contribution >= 0.6 is 7.82 Å². The molecule has 0 aromatic rings. The molecule has 8 nitrogen and oxygen atoms in total. The summed E-state index contributed by atoms with van der Waals surface area (Å²) in [5, 5.41) is 13.7. The monoisotopic (exact) mass is 799 g/mol. The number of phosphoric acid groups is 1. The maximum atomic E-state index is 12.9. The normalized spacial score (nSPS) is 14.5. The largest absolute Gasteiger partial charge is 0.756 e. The Balaban J connectivity index is 4.34. The summed E-state index contributed by atoms with van der Waals surface area (Å²) in [6, 6.07) is -0.897.